The van der Waals surface area contributed by atoms with Crippen molar-refractivity contribution in [3.05, 3.63) is 95.4 Å². The number of anilines is 3. The van der Waals surface area contributed by atoms with Crippen LogP contribution in [0.5, 0.6) is 0 Å². The Labute approximate surface area is 236 Å². The SMILES string of the molecule is CCc1ccc(NC(=O)c2ccc(CN3CCN(C)CC3)cc2)c(CC)c1Nc1nccc(-c2cccnc2)n1. The van der Waals surface area contributed by atoms with Crippen LogP contribution in [-0.4, -0.2) is 63.9 Å². The number of pyridine rings is 1. The molecule has 2 aromatic heterocycles. The normalized spacial score (nSPS) is 14.2. The third-order valence-electron chi connectivity index (χ3n) is 7.45. The van der Waals surface area contributed by atoms with Gasteiger partial charge in [-0.2, -0.15) is 0 Å². The van der Waals surface area contributed by atoms with Crippen LogP contribution in [-0.2, 0) is 19.4 Å². The molecular formula is C32H37N7O. The topological polar surface area (TPSA) is 86.3 Å². The van der Waals surface area contributed by atoms with E-state index in [1.165, 1.54) is 5.56 Å². The van der Waals surface area contributed by atoms with Crippen LogP contribution in [0.4, 0.5) is 17.3 Å². The van der Waals surface area contributed by atoms with E-state index >= 15 is 0 Å². The first kappa shape index (κ1) is 27.4. The molecule has 1 saturated heterocycles. The molecule has 1 fully saturated rings. The molecule has 2 aromatic carbocycles. The fourth-order valence-corrected chi connectivity index (χ4v) is 5.06. The quantitative estimate of drug-likeness (QED) is 0.297. The summed E-state index contributed by atoms with van der Waals surface area (Å²) < 4.78 is 0. The van der Waals surface area contributed by atoms with Crippen molar-refractivity contribution in [1.82, 2.24) is 24.8 Å². The molecule has 8 heteroatoms. The van der Waals surface area contributed by atoms with Gasteiger partial charge in [-0.05, 0) is 73.0 Å². The number of carbonyl (C=O) groups excluding carboxylic acids is 1. The molecule has 3 heterocycles. The van der Waals surface area contributed by atoms with E-state index in [0.29, 0.717) is 11.5 Å². The minimum Gasteiger partial charge on any atom is -0.324 e. The van der Waals surface area contributed by atoms with E-state index in [1.807, 2.05) is 36.4 Å². The largest absolute Gasteiger partial charge is 0.324 e. The molecular weight excluding hydrogens is 498 g/mol. The lowest BCUT2D eigenvalue weighted by Gasteiger charge is -2.32. The Hall–Kier alpha value is -4.14. The van der Waals surface area contributed by atoms with E-state index in [0.717, 1.165) is 79.3 Å². The third kappa shape index (κ3) is 6.52. The smallest absolute Gasteiger partial charge is 0.255 e. The van der Waals surface area contributed by atoms with E-state index in [9.17, 15) is 4.79 Å². The number of hydrogen-bond acceptors (Lipinski definition) is 7. The number of nitrogens with zero attached hydrogens (tertiary/aromatic N) is 5. The summed E-state index contributed by atoms with van der Waals surface area (Å²) in [5.74, 6) is 0.385. The molecule has 0 bridgehead atoms. The van der Waals surface area contributed by atoms with Crippen molar-refractivity contribution in [3.63, 3.8) is 0 Å². The Morgan fingerprint density at radius 1 is 0.925 bits per heavy atom. The summed E-state index contributed by atoms with van der Waals surface area (Å²) in [6.45, 7) is 9.45. The van der Waals surface area contributed by atoms with E-state index in [2.05, 4.69) is 69.5 Å². The van der Waals surface area contributed by atoms with Crippen molar-refractivity contribution in [2.75, 3.05) is 43.9 Å². The van der Waals surface area contributed by atoms with Gasteiger partial charge in [-0.1, -0.05) is 32.0 Å². The first-order chi connectivity index (χ1) is 19.5. The number of hydrogen-bond donors (Lipinski definition) is 2. The Morgan fingerprint density at radius 3 is 2.42 bits per heavy atom. The molecule has 1 aliphatic rings. The number of aryl methyl sites for hydroxylation is 1. The number of rotatable bonds is 9. The van der Waals surface area contributed by atoms with Gasteiger partial charge in [0.2, 0.25) is 5.95 Å². The summed E-state index contributed by atoms with van der Waals surface area (Å²) >= 11 is 0. The highest BCUT2D eigenvalue weighted by molar-refractivity contribution is 6.05. The molecule has 4 aromatic rings. The van der Waals surface area contributed by atoms with Crippen LogP contribution in [0.2, 0.25) is 0 Å². The third-order valence-corrected chi connectivity index (χ3v) is 7.45. The summed E-state index contributed by atoms with van der Waals surface area (Å²) in [5.41, 5.74) is 7.48. The van der Waals surface area contributed by atoms with Crippen molar-refractivity contribution in [1.29, 1.82) is 0 Å². The fraction of sp³-hybridized carbons (Fsp3) is 0.312. The summed E-state index contributed by atoms with van der Waals surface area (Å²) in [7, 11) is 2.17. The molecule has 8 nitrogen and oxygen atoms in total. The van der Waals surface area contributed by atoms with Crippen LogP contribution in [0.3, 0.4) is 0 Å². The zero-order valence-electron chi connectivity index (χ0n) is 23.5. The average Bonchev–Trinajstić information content (AvgIpc) is 2.99. The maximum Gasteiger partial charge on any atom is 0.255 e. The number of likely N-dealkylation sites (N-methyl/N-ethyl adjacent to an activating group) is 1. The molecule has 0 atom stereocenters. The van der Waals surface area contributed by atoms with Gasteiger partial charge in [0.15, 0.2) is 0 Å². The number of benzene rings is 2. The lowest BCUT2D eigenvalue weighted by molar-refractivity contribution is 0.102. The number of piperazine rings is 1. The number of amides is 1. The lowest BCUT2D eigenvalue weighted by atomic mass is 10.0. The van der Waals surface area contributed by atoms with Crippen molar-refractivity contribution in [3.8, 4) is 11.3 Å². The van der Waals surface area contributed by atoms with Crippen molar-refractivity contribution in [2.45, 2.75) is 33.2 Å². The maximum absolute atomic E-state index is 13.3. The monoisotopic (exact) mass is 535 g/mol. The van der Waals surface area contributed by atoms with Crippen LogP contribution in [0, 0.1) is 0 Å². The van der Waals surface area contributed by atoms with Gasteiger partial charge in [0, 0.05) is 73.8 Å². The molecule has 2 N–H and O–H groups in total. The van der Waals surface area contributed by atoms with Crippen LogP contribution < -0.4 is 10.6 Å². The Balaban J connectivity index is 1.33. The maximum atomic E-state index is 13.3. The zero-order valence-corrected chi connectivity index (χ0v) is 23.5. The zero-order chi connectivity index (χ0) is 27.9. The Kier molecular flexibility index (Phi) is 8.78. The minimum atomic E-state index is -0.120. The molecule has 1 amide bonds. The van der Waals surface area contributed by atoms with Crippen molar-refractivity contribution in [2.24, 2.45) is 0 Å². The van der Waals surface area contributed by atoms with E-state index < -0.39 is 0 Å². The predicted octanol–water partition coefficient (Wildman–Crippen LogP) is 5.41. The second-order valence-corrected chi connectivity index (χ2v) is 10.2. The highest BCUT2D eigenvalue weighted by atomic mass is 16.1. The highest BCUT2D eigenvalue weighted by Crippen LogP contribution is 2.32. The van der Waals surface area contributed by atoms with Gasteiger partial charge in [-0.3, -0.25) is 14.7 Å². The number of aromatic nitrogens is 3. The summed E-state index contributed by atoms with van der Waals surface area (Å²) in [5, 5.41) is 6.61. The first-order valence-corrected chi connectivity index (χ1v) is 14.0. The van der Waals surface area contributed by atoms with E-state index in [-0.39, 0.29) is 5.91 Å². The highest BCUT2D eigenvalue weighted by Gasteiger charge is 2.17. The van der Waals surface area contributed by atoms with Crippen molar-refractivity contribution >= 4 is 23.2 Å². The molecule has 0 aliphatic carbocycles. The minimum absolute atomic E-state index is 0.120. The van der Waals surface area contributed by atoms with Gasteiger partial charge in [0.1, 0.15) is 0 Å². The second kappa shape index (κ2) is 12.8. The molecule has 0 saturated carbocycles. The van der Waals surface area contributed by atoms with Crippen LogP contribution in [0.25, 0.3) is 11.3 Å². The van der Waals surface area contributed by atoms with Gasteiger partial charge in [0.05, 0.1) is 5.69 Å². The van der Waals surface area contributed by atoms with Gasteiger partial charge in [-0.25, -0.2) is 9.97 Å². The second-order valence-electron chi connectivity index (χ2n) is 10.2. The molecule has 40 heavy (non-hydrogen) atoms. The Bertz CT molecular complexity index is 1430. The lowest BCUT2D eigenvalue weighted by Crippen LogP contribution is -2.43. The molecule has 206 valence electrons. The number of carbonyl (C=O) groups is 1. The molecule has 0 radical (unpaired) electrons. The predicted molar refractivity (Wildman–Crippen MR) is 161 cm³/mol. The van der Waals surface area contributed by atoms with E-state index in [4.69, 9.17) is 4.98 Å². The molecule has 5 rings (SSSR count). The first-order valence-electron chi connectivity index (χ1n) is 14.0. The summed E-state index contributed by atoms with van der Waals surface area (Å²) in [6, 6.07) is 17.8. The molecule has 0 unspecified atom stereocenters. The summed E-state index contributed by atoms with van der Waals surface area (Å²) in [4.78, 5) is 31.5. The average molecular weight is 536 g/mol. The van der Waals surface area contributed by atoms with Crippen LogP contribution in [0.15, 0.2) is 73.2 Å². The van der Waals surface area contributed by atoms with Crippen LogP contribution >= 0.6 is 0 Å². The van der Waals surface area contributed by atoms with Gasteiger partial charge < -0.3 is 15.5 Å². The standard InChI is InChI=1S/C32H37N7O/c1-4-24-12-13-29(35-31(40)25-10-8-23(9-11-25)22-39-19-17-38(3)18-20-39)27(5-2)30(24)37-32-34-16-14-28(36-32)26-7-6-15-33-21-26/h6-16,21H,4-5,17-20,22H2,1-3H3,(H,35,40)(H,34,36,37). The van der Waals surface area contributed by atoms with Crippen LogP contribution in [0.1, 0.15) is 40.9 Å². The van der Waals surface area contributed by atoms with Gasteiger partial charge >= 0.3 is 0 Å². The summed E-state index contributed by atoms with van der Waals surface area (Å²) in [6.07, 6.45) is 6.84. The van der Waals surface area contributed by atoms with Gasteiger partial charge in [-0.15, -0.1) is 0 Å². The van der Waals surface area contributed by atoms with E-state index in [1.54, 1.807) is 18.6 Å². The molecule has 1 aliphatic heterocycles. The fourth-order valence-electron chi connectivity index (χ4n) is 5.06. The van der Waals surface area contributed by atoms with Gasteiger partial charge in [0.25, 0.3) is 5.91 Å². The number of nitrogens with one attached hydrogen (secondary N) is 2. The Morgan fingerprint density at radius 2 is 1.73 bits per heavy atom. The molecule has 0 spiro atoms. The van der Waals surface area contributed by atoms with Crippen molar-refractivity contribution < 1.29 is 4.79 Å².